The van der Waals surface area contributed by atoms with E-state index in [-0.39, 0.29) is 24.3 Å². The number of hydrogen-bond donors (Lipinski definition) is 2. The molecule has 3 N–H and O–H groups in total. The third kappa shape index (κ3) is 4.03. The van der Waals surface area contributed by atoms with Crippen LogP contribution in [0.5, 0.6) is 0 Å². The van der Waals surface area contributed by atoms with Gasteiger partial charge in [0.2, 0.25) is 5.91 Å². The van der Waals surface area contributed by atoms with Crippen molar-refractivity contribution < 1.29 is 9.18 Å². The maximum Gasteiger partial charge on any atom is 0.237 e. The predicted octanol–water partition coefficient (Wildman–Crippen LogP) is 0.846. The molecule has 112 valence electrons. The van der Waals surface area contributed by atoms with Crippen LogP contribution in [0.2, 0.25) is 0 Å². The number of nitrogens with two attached hydrogens (primary N) is 1. The van der Waals surface area contributed by atoms with Crippen LogP contribution in [0.15, 0.2) is 18.2 Å². The van der Waals surface area contributed by atoms with Gasteiger partial charge in [-0.2, -0.15) is 0 Å². The number of halogens is 1. The molecule has 1 heterocycles. The Labute approximate surface area is 124 Å². The molecule has 4 nitrogen and oxygen atoms in total. The molecule has 1 aromatic carbocycles. The van der Waals surface area contributed by atoms with Crippen LogP contribution in [0.25, 0.3) is 0 Å². The van der Waals surface area contributed by atoms with E-state index < -0.39 is 0 Å². The molecule has 0 saturated carbocycles. The van der Waals surface area contributed by atoms with Crippen molar-refractivity contribution >= 4 is 5.91 Å². The van der Waals surface area contributed by atoms with E-state index in [9.17, 15) is 9.18 Å². The van der Waals surface area contributed by atoms with Gasteiger partial charge in [-0.1, -0.05) is 11.8 Å². The van der Waals surface area contributed by atoms with Gasteiger partial charge in [0, 0.05) is 19.2 Å². The summed E-state index contributed by atoms with van der Waals surface area (Å²) in [6, 6.07) is 4.61. The van der Waals surface area contributed by atoms with Crippen molar-refractivity contribution in [1.29, 1.82) is 0 Å². The third-order valence-corrected chi connectivity index (χ3v) is 3.59. The first-order valence-electron chi connectivity index (χ1n) is 7.08. The molecule has 0 radical (unpaired) electrons. The SMILES string of the molecule is CNC(=O)C1CCCN1Cc1cc(F)cc(C#CCN)c1. The molecule has 1 aliphatic heterocycles. The number of nitrogens with zero attached hydrogens (tertiary/aromatic N) is 1. The topological polar surface area (TPSA) is 58.4 Å². The molecule has 1 saturated heterocycles. The molecule has 1 fully saturated rings. The second-order valence-corrected chi connectivity index (χ2v) is 5.10. The average Bonchev–Trinajstić information content (AvgIpc) is 2.91. The Hall–Kier alpha value is -1.90. The lowest BCUT2D eigenvalue weighted by Gasteiger charge is -2.23. The fourth-order valence-electron chi connectivity index (χ4n) is 2.68. The smallest absolute Gasteiger partial charge is 0.237 e. The van der Waals surface area contributed by atoms with E-state index in [1.807, 2.05) is 6.07 Å². The number of benzene rings is 1. The lowest BCUT2D eigenvalue weighted by molar-refractivity contribution is -0.125. The van der Waals surface area contributed by atoms with E-state index in [1.54, 1.807) is 7.05 Å². The monoisotopic (exact) mass is 289 g/mol. The lowest BCUT2D eigenvalue weighted by atomic mass is 10.1. The Morgan fingerprint density at radius 3 is 3.05 bits per heavy atom. The van der Waals surface area contributed by atoms with Gasteiger partial charge in [0.1, 0.15) is 5.82 Å². The van der Waals surface area contributed by atoms with E-state index in [2.05, 4.69) is 22.1 Å². The minimum Gasteiger partial charge on any atom is -0.358 e. The van der Waals surface area contributed by atoms with Gasteiger partial charge in [-0.05, 0) is 43.1 Å². The molecule has 0 aromatic heterocycles. The van der Waals surface area contributed by atoms with Crippen molar-refractivity contribution in [1.82, 2.24) is 10.2 Å². The summed E-state index contributed by atoms with van der Waals surface area (Å²) in [6.07, 6.45) is 1.82. The highest BCUT2D eigenvalue weighted by molar-refractivity contribution is 5.81. The Morgan fingerprint density at radius 2 is 2.33 bits per heavy atom. The van der Waals surface area contributed by atoms with Crippen LogP contribution < -0.4 is 11.1 Å². The summed E-state index contributed by atoms with van der Waals surface area (Å²) in [6.45, 7) is 1.64. The molecule has 2 rings (SSSR count). The second kappa shape index (κ2) is 7.21. The number of likely N-dealkylation sites (tertiary alicyclic amines) is 1. The van der Waals surface area contributed by atoms with Crippen LogP contribution in [0.3, 0.4) is 0 Å². The molecule has 21 heavy (non-hydrogen) atoms. The highest BCUT2D eigenvalue weighted by Crippen LogP contribution is 2.21. The third-order valence-electron chi connectivity index (χ3n) is 3.59. The van der Waals surface area contributed by atoms with Crippen LogP contribution in [0.4, 0.5) is 4.39 Å². The lowest BCUT2D eigenvalue weighted by Crippen LogP contribution is -2.41. The van der Waals surface area contributed by atoms with Crippen LogP contribution in [-0.4, -0.2) is 37.0 Å². The largest absolute Gasteiger partial charge is 0.358 e. The van der Waals surface area contributed by atoms with Crippen molar-refractivity contribution in [2.45, 2.75) is 25.4 Å². The molecule has 1 aliphatic rings. The van der Waals surface area contributed by atoms with E-state index in [1.165, 1.54) is 12.1 Å². The fraction of sp³-hybridized carbons (Fsp3) is 0.438. The normalized spacial score (nSPS) is 18.1. The number of carbonyl (C=O) groups is 1. The van der Waals surface area contributed by atoms with Crippen molar-refractivity contribution in [3.05, 3.63) is 35.1 Å². The quantitative estimate of drug-likeness (QED) is 0.811. The van der Waals surface area contributed by atoms with Gasteiger partial charge in [-0.3, -0.25) is 9.69 Å². The maximum atomic E-state index is 13.7. The molecule has 1 amide bonds. The number of likely N-dealkylation sites (N-methyl/N-ethyl adjacent to an activating group) is 1. The minimum atomic E-state index is -0.315. The summed E-state index contributed by atoms with van der Waals surface area (Å²) >= 11 is 0. The van der Waals surface area contributed by atoms with Crippen molar-refractivity contribution in [2.24, 2.45) is 5.73 Å². The summed E-state index contributed by atoms with van der Waals surface area (Å²) in [5.74, 6) is 5.27. The summed E-state index contributed by atoms with van der Waals surface area (Å²) in [5.41, 5.74) is 6.77. The van der Waals surface area contributed by atoms with Crippen LogP contribution in [0, 0.1) is 17.7 Å². The predicted molar refractivity (Wildman–Crippen MR) is 79.8 cm³/mol. The zero-order chi connectivity index (χ0) is 15.2. The first-order chi connectivity index (χ1) is 10.1. The Balaban J connectivity index is 2.15. The van der Waals surface area contributed by atoms with Gasteiger partial charge in [-0.25, -0.2) is 4.39 Å². The summed E-state index contributed by atoms with van der Waals surface area (Å²) in [5, 5.41) is 2.68. The Kier molecular flexibility index (Phi) is 5.32. The number of hydrogen-bond acceptors (Lipinski definition) is 3. The Bertz CT molecular complexity index is 577. The van der Waals surface area contributed by atoms with Gasteiger partial charge in [0.05, 0.1) is 12.6 Å². The van der Waals surface area contributed by atoms with E-state index in [0.717, 1.165) is 24.9 Å². The van der Waals surface area contributed by atoms with Gasteiger partial charge < -0.3 is 11.1 Å². The average molecular weight is 289 g/mol. The number of rotatable bonds is 3. The molecule has 1 atom stereocenters. The molecule has 0 spiro atoms. The summed E-state index contributed by atoms with van der Waals surface area (Å²) in [7, 11) is 1.64. The molecule has 0 bridgehead atoms. The first kappa shape index (κ1) is 15.5. The van der Waals surface area contributed by atoms with E-state index >= 15 is 0 Å². The molecular formula is C16H20FN3O. The fourth-order valence-corrected chi connectivity index (χ4v) is 2.68. The van der Waals surface area contributed by atoms with Gasteiger partial charge in [-0.15, -0.1) is 0 Å². The number of nitrogens with one attached hydrogen (secondary N) is 1. The Morgan fingerprint density at radius 1 is 1.52 bits per heavy atom. The van der Waals surface area contributed by atoms with Crippen LogP contribution in [0.1, 0.15) is 24.0 Å². The van der Waals surface area contributed by atoms with Gasteiger partial charge in [0.15, 0.2) is 0 Å². The molecule has 5 heteroatoms. The standard InChI is InChI=1S/C16H20FN3O/c1-19-16(21)15-5-3-7-20(15)11-13-8-12(4-2-6-18)9-14(17)10-13/h8-10,15H,3,5-7,11,18H2,1H3,(H,19,21). The number of amides is 1. The minimum absolute atomic E-state index is 0.0204. The highest BCUT2D eigenvalue weighted by Gasteiger charge is 2.29. The van der Waals surface area contributed by atoms with Gasteiger partial charge >= 0.3 is 0 Å². The molecule has 1 unspecified atom stereocenters. The van der Waals surface area contributed by atoms with E-state index in [0.29, 0.717) is 12.1 Å². The molecular weight excluding hydrogens is 269 g/mol. The summed E-state index contributed by atoms with van der Waals surface area (Å²) < 4.78 is 13.7. The maximum absolute atomic E-state index is 13.7. The van der Waals surface area contributed by atoms with Crippen LogP contribution >= 0.6 is 0 Å². The zero-order valence-corrected chi connectivity index (χ0v) is 12.2. The highest BCUT2D eigenvalue weighted by atomic mass is 19.1. The first-order valence-corrected chi connectivity index (χ1v) is 7.08. The van der Waals surface area contributed by atoms with Gasteiger partial charge in [0.25, 0.3) is 0 Å². The number of carbonyl (C=O) groups excluding carboxylic acids is 1. The van der Waals surface area contributed by atoms with Crippen LogP contribution in [-0.2, 0) is 11.3 Å². The molecule has 1 aromatic rings. The second-order valence-electron chi connectivity index (χ2n) is 5.10. The van der Waals surface area contributed by atoms with Crippen molar-refractivity contribution in [3.8, 4) is 11.8 Å². The van der Waals surface area contributed by atoms with Crippen molar-refractivity contribution in [3.63, 3.8) is 0 Å². The van der Waals surface area contributed by atoms with E-state index in [4.69, 9.17) is 5.73 Å². The van der Waals surface area contributed by atoms with Crippen molar-refractivity contribution in [2.75, 3.05) is 20.1 Å². The summed E-state index contributed by atoms with van der Waals surface area (Å²) in [4.78, 5) is 13.9. The molecule has 0 aliphatic carbocycles. The zero-order valence-electron chi connectivity index (χ0n) is 12.2.